The number of rotatable bonds is 2. The molecule has 0 aliphatic rings. The predicted molar refractivity (Wildman–Crippen MR) is 47.3 cm³/mol. The summed E-state index contributed by atoms with van der Waals surface area (Å²) in [6.45, 7) is 1.84. The average Bonchev–Trinajstić information content (AvgIpc) is 2.04. The van der Waals surface area contributed by atoms with Gasteiger partial charge in [0.05, 0.1) is 5.56 Å². The van der Waals surface area contributed by atoms with Gasteiger partial charge in [-0.05, 0) is 24.3 Å². The molecule has 1 radical (unpaired) electrons. The van der Waals surface area contributed by atoms with Crippen LogP contribution in [0.1, 0.15) is 12.5 Å². The zero-order chi connectivity index (χ0) is 9.90. The number of halogens is 3. The first-order valence-corrected chi connectivity index (χ1v) is 4.54. The fraction of sp³-hybridized carbons (Fsp3) is 0.222. The van der Waals surface area contributed by atoms with Gasteiger partial charge < -0.3 is 0 Å². The lowest BCUT2D eigenvalue weighted by Gasteiger charge is -2.06. The molecule has 1 aromatic rings. The van der Waals surface area contributed by atoms with E-state index in [9.17, 15) is 13.2 Å². The van der Waals surface area contributed by atoms with Gasteiger partial charge in [-0.3, -0.25) is 0 Å². The van der Waals surface area contributed by atoms with E-state index in [1.165, 1.54) is 23.9 Å². The highest BCUT2D eigenvalue weighted by atomic mass is 32.2. The Hall–Kier alpha value is -0.640. The molecule has 0 atom stereocenters. The van der Waals surface area contributed by atoms with Gasteiger partial charge in [0, 0.05) is 10.6 Å². The average molecular weight is 205 g/mol. The first kappa shape index (κ1) is 10.4. The lowest BCUT2D eigenvalue weighted by molar-refractivity contribution is -0.137. The molecule has 0 saturated carbocycles. The van der Waals surface area contributed by atoms with Crippen molar-refractivity contribution in [3.8, 4) is 0 Å². The molecule has 0 aromatic heterocycles. The van der Waals surface area contributed by atoms with E-state index >= 15 is 0 Å². The van der Waals surface area contributed by atoms with Crippen LogP contribution in [0.4, 0.5) is 13.2 Å². The van der Waals surface area contributed by atoms with Crippen molar-refractivity contribution in [2.45, 2.75) is 18.0 Å². The SMILES string of the molecule is C[CH]Sc1ccc(C(F)(F)F)cc1. The number of hydrogen-bond acceptors (Lipinski definition) is 1. The molecular formula is C9H8F3S. The molecule has 0 aliphatic carbocycles. The lowest BCUT2D eigenvalue weighted by Crippen LogP contribution is -2.03. The molecule has 0 aliphatic heterocycles. The van der Waals surface area contributed by atoms with Gasteiger partial charge in [-0.1, -0.05) is 6.92 Å². The van der Waals surface area contributed by atoms with Crippen LogP contribution in [0, 0.1) is 5.75 Å². The summed E-state index contributed by atoms with van der Waals surface area (Å²) in [5, 5.41) is 0. The minimum atomic E-state index is -4.24. The Bertz CT molecular complexity index is 263. The highest BCUT2D eigenvalue weighted by Gasteiger charge is 2.29. The van der Waals surface area contributed by atoms with E-state index in [1.807, 2.05) is 12.7 Å². The molecule has 0 bridgehead atoms. The fourth-order valence-electron chi connectivity index (χ4n) is 0.859. The predicted octanol–water partition coefficient (Wildman–Crippen LogP) is 3.98. The normalized spacial score (nSPS) is 11.7. The van der Waals surface area contributed by atoms with Crippen molar-refractivity contribution in [3.63, 3.8) is 0 Å². The van der Waals surface area contributed by atoms with Gasteiger partial charge in [-0.15, -0.1) is 11.8 Å². The molecule has 1 aromatic carbocycles. The summed E-state index contributed by atoms with van der Waals surface area (Å²) >= 11 is 1.40. The molecule has 1 rings (SSSR count). The summed E-state index contributed by atoms with van der Waals surface area (Å²) in [4.78, 5) is 0.815. The Balaban J connectivity index is 2.81. The smallest absolute Gasteiger partial charge is 0.166 e. The van der Waals surface area contributed by atoms with Crippen LogP contribution in [0.5, 0.6) is 0 Å². The first-order chi connectivity index (χ1) is 6.04. The third-order valence-electron chi connectivity index (χ3n) is 1.44. The maximum atomic E-state index is 12.1. The molecule has 0 unspecified atom stereocenters. The summed E-state index contributed by atoms with van der Waals surface area (Å²) in [5.74, 6) is 1.82. The number of alkyl halides is 3. The zero-order valence-corrected chi connectivity index (χ0v) is 7.75. The largest absolute Gasteiger partial charge is 0.416 e. The summed E-state index contributed by atoms with van der Waals surface area (Å²) in [6, 6.07) is 5.11. The number of hydrogen-bond donors (Lipinski definition) is 0. The van der Waals surface area contributed by atoms with E-state index in [4.69, 9.17) is 0 Å². The second kappa shape index (κ2) is 4.05. The third-order valence-corrected chi connectivity index (χ3v) is 2.22. The summed E-state index contributed by atoms with van der Waals surface area (Å²) in [7, 11) is 0. The number of benzene rings is 1. The molecular weight excluding hydrogens is 197 g/mol. The molecule has 4 heteroatoms. The van der Waals surface area contributed by atoms with Crippen LogP contribution in [0.25, 0.3) is 0 Å². The van der Waals surface area contributed by atoms with E-state index in [0.717, 1.165) is 17.0 Å². The minimum absolute atomic E-state index is 0.604. The summed E-state index contributed by atoms with van der Waals surface area (Å²) in [6.07, 6.45) is -4.24. The Kier molecular flexibility index (Phi) is 3.25. The van der Waals surface area contributed by atoms with Gasteiger partial charge >= 0.3 is 6.18 Å². The lowest BCUT2D eigenvalue weighted by atomic mass is 10.2. The van der Waals surface area contributed by atoms with Crippen molar-refractivity contribution < 1.29 is 13.2 Å². The van der Waals surface area contributed by atoms with E-state index in [1.54, 1.807) is 0 Å². The Labute approximate surface area is 79.1 Å². The van der Waals surface area contributed by atoms with Crippen LogP contribution >= 0.6 is 11.8 Å². The first-order valence-electron chi connectivity index (χ1n) is 3.66. The van der Waals surface area contributed by atoms with Crippen molar-refractivity contribution in [3.05, 3.63) is 35.6 Å². The summed E-state index contributed by atoms with van der Waals surface area (Å²) in [5.41, 5.74) is -0.604. The Morgan fingerprint density at radius 2 is 1.69 bits per heavy atom. The van der Waals surface area contributed by atoms with Gasteiger partial charge in [0.25, 0.3) is 0 Å². The van der Waals surface area contributed by atoms with Crippen LogP contribution in [0.15, 0.2) is 29.2 Å². The van der Waals surface area contributed by atoms with E-state index < -0.39 is 11.7 Å². The minimum Gasteiger partial charge on any atom is -0.166 e. The van der Waals surface area contributed by atoms with Crippen molar-refractivity contribution >= 4 is 11.8 Å². The van der Waals surface area contributed by atoms with E-state index in [-0.39, 0.29) is 0 Å². The highest BCUT2D eigenvalue weighted by molar-refractivity contribution is 8.01. The van der Waals surface area contributed by atoms with E-state index in [2.05, 4.69) is 0 Å². The van der Waals surface area contributed by atoms with Crippen molar-refractivity contribution in [1.29, 1.82) is 0 Å². The van der Waals surface area contributed by atoms with Crippen LogP contribution in [-0.4, -0.2) is 0 Å². The zero-order valence-electron chi connectivity index (χ0n) is 6.93. The molecule has 0 heterocycles. The van der Waals surface area contributed by atoms with Gasteiger partial charge in [0.15, 0.2) is 0 Å². The quantitative estimate of drug-likeness (QED) is 0.658. The number of thioether (sulfide) groups is 1. The molecule has 0 fully saturated rings. The summed E-state index contributed by atoms with van der Waals surface area (Å²) < 4.78 is 36.3. The standard InChI is InChI=1S/C9H8F3S/c1-2-13-8-5-3-7(4-6-8)9(10,11)12/h2-6H,1H3. The van der Waals surface area contributed by atoms with E-state index in [0.29, 0.717) is 0 Å². The maximum absolute atomic E-state index is 12.1. The molecule has 0 N–H and O–H groups in total. The topological polar surface area (TPSA) is 0 Å². The van der Waals surface area contributed by atoms with Crippen LogP contribution < -0.4 is 0 Å². The highest BCUT2D eigenvalue weighted by Crippen LogP contribution is 2.30. The van der Waals surface area contributed by atoms with Crippen molar-refractivity contribution in [1.82, 2.24) is 0 Å². The van der Waals surface area contributed by atoms with Crippen LogP contribution in [0.3, 0.4) is 0 Å². The van der Waals surface area contributed by atoms with Crippen molar-refractivity contribution in [2.24, 2.45) is 0 Å². The molecule has 0 amide bonds. The van der Waals surface area contributed by atoms with Crippen molar-refractivity contribution in [2.75, 3.05) is 0 Å². The van der Waals surface area contributed by atoms with Gasteiger partial charge in [0.1, 0.15) is 0 Å². The van der Waals surface area contributed by atoms with Gasteiger partial charge in [0.2, 0.25) is 0 Å². The second-order valence-electron chi connectivity index (χ2n) is 2.38. The third kappa shape index (κ3) is 2.95. The van der Waals surface area contributed by atoms with Crippen LogP contribution in [0.2, 0.25) is 0 Å². The monoisotopic (exact) mass is 205 g/mol. The Morgan fingerprint density at radius 1 is 1.15 bits per heavy atom. The maximum Gasteiger partial charge on any atom is 0.416 e. The van der Waals surface area contributed by atoms with Gasteiger partial charge in [-0.25, -0.2) is 0 Å². The molecule has 0 saturated heterocycles. The van der Waals surface area contributed by atoms with Gasteiger partial charge in [-0.2, -0.15) is 13.2 Å². The van der Waals surface area contributed by atoms with Crippen LogP contribution in [-0.2, 0) is 6.18 Å². The molecule has 0 nitrogen and oxygen atoms in total. The molecule has 0 spiro atoms. The molecule has 13 heavy (non-hydrogen) atoms. The second-order valence-corrected chi connectivity index (χ2v) is 3.55. The fourth-order valence-corrected chi connectivity index (χ4v) is 1.42. The molecule has 71 valence electrons. The Morgan fingerprint density at radius 3 is 2.08 bits per heavy atom.